The van der Waals surface area contributed by atoms with Crippen molar-refractivity contribution in [3.05, 3.63) is 167 Å². The molecule has 0 aliphatic heterocycles. The number of halogens is 1. The minimum atomic E-state index is -0.576. The molecule has 46 heavy (non-hydrogen) atoms. The van der Waals surface area contributed by atoms with Crippen LogP contribution in [0.2, 0.25) is 0 Å². The zero-order valence-corrected chi connectivity index (χ0v) is 26.1. The topological polar surface area (TPSA) is 87.3 Å². The van der Waals surface area contributed by atoms with Crippen molar-refractivity contribution in [2.24, 2.45) is 0 Å². The largest absolute Gasteiger partial charge is 0.325 e. The Morgan fingerprint density at radius 1 is 0.696 bits per heavy atom. The molecule has 0 saturated carbocycles. The molecule has 0 spiro atoms. The van der Waals surface area contributed by atoms with Gasteiger partial charge in [-0.05, 0) is 96.8 Å². The average molecular weight is 630 g/mol. The van der Waals surface area contributed by atoms with E-state index in [1.807, 2.05) is 68.4 Å². The molecule has 8 heteroatoms. The summed E-state index contributed by atoms with van der Waals surface area (Å²) >= 11 is 1.35. The molecule has 5 aromatic carbocycles. The van der Waals surface area contributed by atoms with Gasteiger partial charge in [-0.3, -0.25) is 14.4 Å². The summed E-state index contributed by atoms with van der Waals surface area (Å²) in [6, 6.07) is 36.6. The molecule has 0 aliphatic rings. The van der Waals surface area contributed by atoms with Crippen molar-refractivity contribution in [3.63, 3.8) is 0 Å². The number of thioether (sulfide) groups is 1. The summed E-state index contributed by atoms with van der Waals surface area (Å²) in [5, 5.41) is 8.02. The number of amides is 3. The smallest absolute Gasteiger partial charge is 0.272 e. The molecule has 0 radical (unpaired) electrons. The van der Waals surface area contributed by atoms with E-state index < -0.39 is 22.9 Å². The van der Waals surface area contributed by atoms with Gasteiger partial charge >= 0.3 is 0 Å². The van der Waals surface area contributed by atoms with Crippen LogP contribution < -0.4 is 16.0 Å². The van der Waals surface area contributed by atoms with Crippen LogP contribution in [-0.2, 0) is 9.59 Å². The number of nitrogens with one attached hydrogen (secondary N) is 3. The Balaban J connectivity index is 1.37. The van der Waals surface area contributed by atoms with Gasteiger partial charge in [-0.15, -0.1) is 11.8 Å². The molecule has 5 rings (SSSR count). The summed E-state index contributed by atoms with van der Waals surface area (Å²) in [6.07, 6.45) is 1.48. The first-order valence-corrected chi connectivity index (χ1v) is 15.5. The van der Waals surface area contributed by atoms with E-state index in [1.54, 1.807) is 48.5 Å². The SMILES string of the molecule is Cc1ccc(NC(=O)C(Sc2cccc(NC(=O)/C(=C/c3ccc(F)cc3)NC(=O)c3ccccc3)c2)c2ccccc2)cc1C. The molecule has 0 saturated heterocycles. The molecule has 0 aromatic heterocycles. The summed E-state index contributed by atoms with van der Waals surface area (Å²) < 4.78 is 13.5. The molecule has 0 fully saturated rings. The zero-order valence-electron chi connectivity index (χ0n) is 25.3. The highest BCUT2D eigenvalue weighted by Crippen LogP contribution is 2.37. The van der Waals surface area contributed by atoms with E-state index in [0.717, 1.165) is 21.6 Å². The Morgan fingerprint density at radius 3 is 2.07 bits per heavy atom. The van der Waals surface area contributed by atoms with Crippen molar-refractivity contribution in [1.82, 2.24) is 5.32 Å². The lowest BCUT2D eigenvalue weighted by Gasteiger charge is -2.18. The van der Waals surface area contributed by atoms with Crippen LogP contribution in [0.1, 0.15) is 37.9 Å². The highest BCUT2D eigenvalue weighted by Gasteiger charge is 2.23. The van der Waals surface area contributed by atoms with E-state index in [4.69, 9.17) is 0 Å². The number of aryl methyl sites for hydroxylation is 2. The summed E-state index contributed by atoms with van der Waals surface area (Å²) in [7, 11) is 0. The molecule has 1 atom stereocenters. The standard InChI is InChI=1S/C38H32FN3O3S/c1-25-16-21-32(22-26(25)2)41-38(45)35(28-10-5-3-6-11-28)46-33-15-9-14-31(24-33)40-37(44)34(23-27-17-19-30(39)20-18-27)42-36(43)29-12-7-4-8-13-29/h3-24,35H,1-2H3,(H,40,44)(H,41,45)(H,42,43)/b34-23-. The summed E-state index contributed by atoms with van der Waals surface area (Å²) in [6.45, 7) is 4.02. The molecule has 0 heterocycles. The maximum atomic E-state index is 13.6. The maximum Gasteiger partial charge on any atom is 0.272 e. The number of carbonyl (C=O) groups excluding carboxylic acids is 3. The number of rotatable bonds is 10. The molecule has 3 amide bonds. The van der Waals surface area contributed by atoms with Crippen molar-refractivity contribution in [2.75, 3.05) is 10.6 Å². The van der Waals surface area contributed by atoms with E-state index in [9.17, 15) is 18.8 Å². The van der Waals surface area contributed by atoms with Gasteiger partial charge in [0.05, 0.1) is 0 Å². The van der Waals surface area contributed by atoms with Gasteiger partial charge in [0.2, 0.25) is 5.91 Å². The lowest BCUT2D eigenvalue weighted by atomic mass is 10.1. The van der Waals surface area contributed by atoms with Crippen molar-refractivity contribution in [2.45, 2.75) is 24.0 Å². The Kier molecular flexibility index (Phi) is 10.4. The van der Waals surface area contributed by atoms with Crippen LogP contribution >= 0.6 is 11.8 Å². The number of carbonyl (C=O) groups is 3. The van der Waals surface area contributed by atoms with Crippen molar-refractivity contribution < 1.29 is 18.8 Å². The summed E-state index contributed by atoms with van der Waals surface area (Å²) in [5.41, 5.74) is 5.13. The lowest BCUT2D eigenvalue weighted by molar-refractivity contribution is -0.116. The van der Waals surface area contributed by atoms with Crippen LogP contribution in [0.5, 0.6) is 0 Å². The van der Waals surface area contributed by atoms with Gasteiger partial charge in [0, 0.05) is 21.8 Å². The Labute approximate surface area is 271 Å². The molecule has 230 valence electrons. The first-order chi connectivity index (χ1) is 22.2. The predicted molar refractivity (Wildman–Crippen MR) is 183 cm³/mol. The molecule has 1 unspecified atom stereocenters. The third kappa shape index (κ3) is 8.58. The molecule has 0 bridgehead atoms. The lowest BCUT2D eigenvalue weighted by Crippen LogP contribution is -2.30. The van der Waals surface area contributed by atoms with Crippen LogP contribution in [0.4, 0.5) is 15.8 Å². The molecule has 5 aromatic rings. The third-order valence-electron chi connectivity index (χ3n) is 7.17. The molecule has 0 aliphatic carbocycles. The predicted octanol–water partition coefficient (Wildman–Crippen LogP) is 8.32. The number of hydrogen-bond acceptors (Lipinski definition) is 4. The first-order valence-electron chi connectivity index (χ1n) is 14.6. The van der Waals surface area contributed by atoms with E-state index >= 15 is 0 Å². The van der Waals surface area contributed by atoms with Gasteiger partial charge < -0.3 is 16.0 Å². The highest BCUT2D eigenvalue weighted by molar-refractivity contribution is 8.00. The Hall–Kier alpha value is -5.47. The van der Waals surface area contributed by atoms with Crippen molar-refractivity contribution in [3.8, 4) is 0 Å². The van der Waals surface area contributed by atoms with Crippen LogP contribution in [0.3, 0.4) is 0 Å². The molecular weight excluding hydrogens is 598 g/mol. The van der Waals surface area contributed by atoms with E-state index in [2.05, 4.69) is 16.0 Å². The number of benzene rings is 5. The quantitative estimate of drug-likeness (QED) is 0.107. The fraction of sp³-hybridized carbons (Fsp3) is 0.0789. The third-order valence-corrected chi connectivity index (χ3v) is 8.42. The second kappa shape index (κ2) is 15.0. The Morgan fingerprint density at radius 2 is 1.37 bits per heavy atom. The average Bonchev–Trinajstić information content (AvgIpc) is 3.07. The van der Waals surface area contributed by atoms with Crippen LogP contribution in [-0.4, -0.2) is 17.7 Å². The first kappa shape index (κ1) is 31.9. The van der Waals surface area contributed by atoms with Crippen molar-refractivity contribution in [1.29, 1.82) is 0 Å². The van der Waals surface area contributed by atoms with E-state index in [1.165, 1.54) is 42.1 Å². The molecule has 6 nitrogen and oxygen atoms in total. The normalized spacial score (nSPS) is 11.8. The van der Waals surface area contributed by atoms with Gasteiger partial charge in [-0.2, -0.15) is 0 Å². The van der Waals surface area contributed by atoms with Gasteiger partial charge in [0.25, 0.3) is 11.8 Å². The second-order valence-electron chi connectivity index (χ2n) is 10.6. The highest BCUT2D eigenvalue weighted by atomic mass is 32.2. The minimum absolute atomic E-state index is 0.0200. The number of hydrogen-bond donors (Lipinski definition) is 3. The monoisotopic (exact) mass is 629 g/mol. The van der Waals surface area contributed by atoms with E-state index in [0.29, 0.717) is 22.5 Å². The van der Waals surface area contributed by atoms with Gasteiger partial charge in [-0.25, -0.2) is 4.39 Å². The fourth-order valence-electron chi connectivity index (χ4n) is 4.58. The molecule has 3 N–H and O–H groups in total. The van der Waals surface area contributed by atoms with Crippen LogP contribution in [0.25, 0.3) is 6.08 Å². The van der Waals surface area contributed by atoms with Crippen LogP contribution in [0, 0.1) is 19.7 Å². The molecular formula is C38H32FN3O3S. The summed E-state index contributed by atoms with van der Waals surface area (Å²) in [5.74, 6) is -1.62. The van der Waals surface area contributed by atoms with Crippen LogP contribution in [0.15, 0.2) is 138 Å². The summed E-state index contributed by atoms with van der Waals surface area (Å²) in [4.78, 5) is 40.8. The van der Waals surface area contributed by atoms with Gasteiger partial charge in [-0.1, -0.05) is 72.8 Å². The fourth-order valence-corrected chi connectivity index (χ4v) is 5.66. The Bertz CT molecular complexity index is 1880. The zero-order chi connectivity index (χ0) is 32.5. The number of anilines is 2. The second-order valence-corrected chi connectivity index (χ2v) is 11.8. The van der Waals surface area contributed by atoms with Crippen molar-refractivity contribution >= 4 is 46.9 Å². The maximum absolute atomic E-state index is 13.6. The van der Waals surface area contributed by atoms with Gasteiger partial charge in [0.15, 0.2) is 0 Å². The van der Waals surface area contributed by atoms with E-state index in [-0.39, 0.29) is 11.6 Å². The van der Waals surface area contributed by atoms with Gasteiger partial charge in [0.1, 0.15) is 16.8 Å². The minimum Gasteiger partial charge on any atom is -0.325 e.